The molecular formula is C12H13NO2. The molecule has 0 saturated carbocycles. The maximum atomic E-state index is 11.9. The van der Waals surface area contributed by atoms with Crippen molar-refractivity contribution in [3.63, 3.8) is 0 Å². The molecule has 1 aromatic carbocycles. The summed E-state index contributed by atoms with van der Waals surface area (Å²) in [4.78, 5) is 16.1. The van der Waals surface area contributed by atoms with Crippen molar-refractivity contribution in [1.82, 2.24) is 0 Å². The van der Waals surface area contributed by atoms with Crippen LogP contribution in [0.2, 0.25) is 0 Å². The van der Waals surface area contributed by atoms with Crippen molar-refractivity contribution in [3.05, 3.63) is 35.9 Å². The topological polar surface area (TPSA) is 38.7 Å². The van der Waals surface area contributed by atoms with Crippen LogP contribution in [0.15, 0.2) is 35.3 Å². The van der Waals surface area contributed by atoms with E-state index in [2.05, 4.69) is 4.99 Å². The number of hydrogen-bond acceptors (Lipinski definition) is 3. The molecule has 1 aliphatic heterocycles. The highest BCUT2D eigenvalue weighted by Crippen LogP contribution is 2.18. The molecule has 78 valence electrons. The first-order valence-corrected chi connectivity index (χ1v) is 4.91. The molecule has 0 fully saturated rings. The largest absolute Gasteiger partial charge is 0.473 e. The van der Waals surface area contributed by atoms with Gasteiger partial charge in [0.05, 0.1) is 5.54 Å². The Morgan fingerprint density at radius 1 is 1.33 bits per heavy atom. The van der Waals surface area contributed by atoms with Gasteiger partial charge in [0.2, 0.25) is 5.78 Å². The van der Waals surface area contributed by atoms with E-state index in [1.54, 1.807) is 12.1 Å². The summed E-state index contributed by atoms with van der Waals surface area (Å²) in [5.74, 6) is 0.0902. The average molecular weight is 203 g/mol. The van der Waals surface area contributed by atoms with E-state index in [0.717, 1.165) is 0 Å². The van der Waals surface area contributed by atoms with Crippen LogP contribution in [-0.4, -0.2) is 23.8 Å². The fraction of sp³-hybridized carbons (Fsp3) is 0.333. The van der Waals surface area contributed by atoms with Crippen molar-refractivity contribution in [2.24, 2.45) is 4.99 Å². The van der Waals surface area contributed by atoms with Crippen LogP contribution in [0.5, 0.6) is 0 Å². The molecule has 3 nitrogen and oxygen atoms in total. The maximum Gasteiger partial charge on any atom is 0.259 e. The van der Waals surface area contributed by atoms with Crippen LogP contribution in [-0.2, 0) is 4.74 Å². The molecule has 0 spiro atoms. The summed E-state index contributed by atoms with van der Waals surface area (Å²) in [5.41, 5.74) is 0.341. The van der Waals surface area contributed by atoms with E-state index in [0.29, 0.717) is 12.2 Å². The first-order valence-electron chi connectivity index (χ1n) is 4.91. The Balaban J connectivity index is 2.24. The predicted octanol–water partition coefficient (Wildman–Crippen LogP) is 2.08. The lowest BCUT2D eigenvalue weighted by atomic mass is 10.1. The van der Waals surface area contributed by atoms with Gasteiger partial charge < -0.3 is 4.74 Å². The molecular weight excluding hydrogens is 190 g/mol. The average Bonchev–Trinajstić information content (AvgIpc) is 2.59. The lowest BCUT2D eigenvalue weighted by molar-refractivity contribution is 0.103. The summed E-state index contributed by atoms with van der Waals surface area (Å²) < 4.78 is 5.28. The Hall–Kier alpha value is -1.64. The summed E-state index contributed by atoms with van der Waals surface area (Å²) in [7, 11) is 0. The molecule has 1 heterocycles. The quantitative estimate of drug-likeness (QED) is 0.690. The van der Waals surface area contributed by atoms with Crippen molar-refractivity contribution in [3.8, 4) is 0 Å². The molecule has 0 aromatic heterocycles. The molecule has 0 unspecified atom stereocenters. The van der Waals surface area contributed by atoms with Gasteiger partial charge in [-0.3, -0.25) is 4.79 Å². The van der Waals surface area contributed by atoms with Crippen LogP contribution in [0.3, 0.4) is 0 Å². The number of ether oxygens (including phenoxy) is 1. The Bertz CT molecular complexity index is 407. The SMILES string of the molecule is CC1(C)COC(C(=O)c2ccccc2)=N1. The fourth-order valence-corrected chi connectivity index (χ4v) is 1.41. The number of rotatable bonds is 2. The van der Waals surface area contributed by atoms with Gasteiger partial charge in [-0.25, -0.2) is 4.99 Å². The second-order valence-corrected chi connectivity index (χ2v) is 4.21. The summed E-state index contributed by atoms with van der Waals surface area (Å²) >= 11 is 0. The smallest absolute Gasteiger partial charge is 0.259 e. The molecule has 0 atom stereocenters. The summed E-state index contributed by atoms with van der Waals surface area (Å²) in [6.07, 6.45) is 0. The van der Waals surface area contributed by atoms with E-state index in [-0.39, 0.29) is 17.2 Å². The van der Waals surface area contributed by atoms with E-state index >= 15 is 0 Å². The Morgan fingerprint density at radius 2 is 2.00 bits per heavy atom. The van der Waals surface area contributed by atoms with Crippen molar-refractivity contribution in [2.45, 2.75) is 19.4 Å². The molecule has 1 aliphatic rings. The molecule has 0 radical (unpaired) electrons. The number of benzene rings is 1. The first kappa shape index (κ1) is 9.90. The van der Waals surface area contributed by atoms with Gasteiger partial charge in [0.1, 0.15) is 6.61 Å². The Labute approximate surface area is 88.8 Å². The third-order valence-electron chi connectivity index (χ3n) is 2.20. The van der Waals surface area contributed by atoms with Crippen molar-refractivity contribution < 1.29 is 9.53 Å². The highest BCUT2D eigenvalue weighted by Gasteiger charge is 2.30. The van der Waals surface area contributed by atoms with Gasteiger partial charge in [-0.1, -0.05) is 30.3 Å². The zero-order valence-corrected chi connectivity index (χ0v) is 8.86. The second-order valence-electron chi connectivity index (χ2n) is 4.21. The van der Waals surface area contributed by atoms with Crippen LogP contribution >= 0.6 is 0 Å². The number of ketones is 1. The number of Topliss-reactive ketones (excluding diaryl/α,β-unsaturated/α-hetero) is 1. The number of aliphatic imine (C=N–C) groups is 1. The van der Waals surface area contributed by atoms with E-state index in [1.165, 1.54) is 0 Å². The van der Waals surface area contributed by atoms with E-state index in [4.69, 9.17) is 4.74 Å². The van der Waals surface area contributed by atoms with Crippen molar-refractivity contribution in [2.75, 3.05) is 6.61 Å². The van der Waals surface area contributed by atoms with Crippen LogP contribution in [0.4, 0.5) is 0 Å². The standard InChI is InChI=1S/C12H13NO2/c1-12(2)8-15-11(13-12)10(14)9-6-4-3-5-7-9/h3-7H,8H2,1-2H3. The number of hydrogen-bond donors (Lipinski definition) is 0. The van der Waals surface area contributed by atoms with Gasteiger partial charge in [-0.2, -0.15) is 0 Å². The van der Waals surface area contributed by atoms with E-state index < -0.39 is 0 Å². The Kier molecular flexibility index (Phi) is 2.31. The summed E-state index contributed by atoms with van der Waals surface area (Å²) in [5, 5.41) is 0. The zero-order chi connectivity index (χ0) is 10.9. The van der Waals surface area contributed by atoms with Crippen LogP contribution < -0.4 is 0 Å². The minimum atomic E-state index is -0.278. The van der Waals surface area contributed by atoms with Crippen LogP contribution in [0, 0.1) is 0 Å². The van der Waals surface area contributed by atoms with Gasteiger partial charge in [0.25, 0.3) is 5.90 Å². The third kappa shape index (κ3) is 2.06. The zero-order valence-electron chi connectivity index (χ0n) is 8.86. The number of nitrogens with zero attached hydrogens (tertiary/aromatic N) is 1. The fourth-order valence-electron chi connectivity index (χ4n) is 1.41. The van der Waals surface area contributed by atoms with Crippen molar-refractivity contribution >= 4 is 11.7 Å². The molecule has 0 amide bonds. The molecule has 2 rings (SSSR count). The molecule has 0 bridgehead atoms. The molecule has 3 heteroatoms. The molecule has 0 saturated heterocycles. The second kappa shape index (κ2) is 3.50. The van der Waals surface area contributed by atoms with Crippen LogP contribution in [0.25, 0.3) is 0 Å². The van der Waals surface area contributed by atoms with E-state index in [9.17, 15) is 4.79 Å². The molecule has 15 heavy (non-hydrogen) atoms. The monoisotopic (exact) mass is 203 g/mol. The summed E-state index contributed by atoms with van der Waals surface area (Å²) in [6, 6.07) is 9.05. The van der Waals surface area contributed by atoms with Gasteiger partial charge in [0.15, 0.2) is 0 Å². The van der Waals surface area contributed by atoms with Gasteiger partial charge in [0, 0.05) is 5.56 Å². The Morgan fingerprint density at radius 3 is 2.53 bits per heavy atom. The predicted molar refractivity (Wildman–Crippen MR) is 58.2 cm³/mol. The minimum Gasteiger partial charge on any atom is -0.473 e. The first-order chi connectivity index (χ1) is 7.08. The van der Waals surface area contributed by atoms with Crippen LogP contribution in [0.1, 0.15) is 24.2 Å². The number of carbonyl (C=O) groups excluding carboxylic acids is 1. The summed E-state index contributed by atoms with van der Waals surface area (Å²) in [6.45, 7) is 4.36. The van der Waals surface area contributed by atoms with Gasteiger partial charge in [-0.15, -0.1) is 0 Å². The molecule has 1 aromatic rings. The van der Waals surface area contributed by atoms with Gasteiger partial charge in [-0.05, 0) is 13.8 Å². The molecule has 0 aliphatic carbocycles. The lowest BCUT2D eigenvalue weighted by Crippen LogP contribution is -2.17. The highest BCUT2D eigenvalue weighted by atomic mass is 16.5. The third-order valence-corrected chi connectivity index (χ3v) is 2.20. The highest BCUT2D eigenvalue weighted by molar-refractivity contribution is 6.43. The lowest BCUT2D eigenvalue weighted by Gasteiger charge is -2.07. The number of carbonyl (C=O) groups is 1. The normalized spacial score (nSPS) is 18.1. The minimum absolute atomic E-state index is 0.138. The van der Waals surface area contributed by atoms with Gasteiger partial charge >= 0.3 is 0 Å². The molecule has 0 N–H and O–H groups in total. The maximum absolute atomic E-state index is 11.9. The van der Waals surface area contributed by atoms with Crippen molar-refractivity contribution in [1.29, 1.82) is 0 Å². The van der Waals surface area contributed by atoms with E-state index in [1.807, 2.05) is 32.0 Å².